The first-order valence-corrected chi connectivity index (χ1v) is 6.33. The summed E-state index contributed by atoms with van der Waals surface area (Å²) in [6.45, 7) is 0.828. The van der Waals surface area contributed by atoms with Gasteiger partial charge in [-0.1, -0.05) is 6.07 Å². The molecule has 6 nitrogen and oxygen atoms in total. The molecule has 1 unspecified atom stereocenters. The van der Waals surface area contributed by atoms with Gasteiger partial charge in [0, 0.05) is 0 Å². The van der Waals surface area contributed by atoms with Gasteiger partial charge in [0.15, 0.2) is 0 Å². The topological polar surface area (TPSA) is 98.7 Å². The number of aliphatic hydroxyl groups is 2. The highest BCUT2D eigenvalue weighted by molar-refractivity contribution is 7.12. The van der Waals surface area contributed by atoms with Crippen molar-refractivity contribution in [3.63, 3.8) is 0 Å². The summed E-state index contributed by atoms with van der Waals surface area (Å²) in [6, 6.07) is 1.96. The van der Waals surface area contributed by atoms with Gasteiger partial charge in [-0.15, -0.1) is 11.3 Å². The molecule has 0 saturated carbocycles. The zero-order chi connectivity index (χ0) is 13.5. The Morgan fingerprint density at radius 1 is 1.33 bits per heavy atom. The molecule has 0 aliphatic rings. The molecule has 2 amide bonds. The van der Waals surface area contributed by atoms with Crippen LogP contribution in [0.3, 0.4) is 0 Å². The molecule has 0 saturated heterocycles. The summed E-state index contributed by atoms with van der Waals surface area (Å²) in [5, 5.41) is 24.4. The van der Waals surface area contributed by atoms with Crippen LogP contribution >= 0.6 is 11.3 Å². The van der Waals surface area contributed by atoms with Crippen LogP contribution in [-0.2, 0) is 4.79 Å². The largest absolute Gasteiger partial charge is 0.394 e. The minimum Gasteiger partial charge on any atom is -0.394 e. The summed E-state index contributed by atoms with van der Waals surface area (Å²) in [4.78, 5) is 23.8. The predicted octanol–water partition coefficient (Wildman–Crippen LogP) is -0.664. The fourth-order valence-corrected chi connectivity index (χ4v) is 1.84. The molecular formula is C11H16N2O4S. The van der Waals surface area contributed by atoms with Crippen molar-refractivity contribution in [3.8, 4) is 0 Å². The molecule has 7 heteroatoms. The molecule has 0 aliphatic carbocycles. The van der Waals surface area contributed by atoms with Gasteiger partial charge in [-0.2, -0.15) is 0 Å². The second kappa shape index (κ2) is 7.10. The van der Waals surface area contributed by atoms with Crippen molar-refractivity contribution in [1.29, 1.82) is 0 Å². The number of hydrogen-bond donors (Lipinski definition) is 4. The number of rotatable bonds is 6. The van der Waals surface area contributed by atoms with Crippen LogP contribution in [0, 0.1) is 0 Å². The molecular weight excluding hydrogens is 256 g/mol. The molecule has 1 heterocycles. The highest BCUT2D eigenvalue weighted by atomic mass is 32.1. The maximum absolute atomic E-state index is 11.7. The van der Waals surface area contributed by atoms with Crippen LogP contribution < -0.4 is 10.6 Å². The Bertz CT molecular complexity index is 390. The van der Waals surface area contributed by atoms with E-state index in [1.54, 1.807) is 17.5 Å². The molecule has 1 aromatic rings. The standard InChI is InChI=1S/C11H16N2O4S/c1-7(10(16)13-8(5-14)6-15)12-11(17)9-3-2-4-18-9/h2-4,7-8,14-15H,5-6H2,1H3,(H,12,17)(H,13,16). The SMILES string of the molecule is CC(NC(=O)c1cccs1)C(=O)NC(CO)CO. The average molecular weight is 272 g/mol. The molecule has 1 aromatic heterocycles. The first-order valence-electron chi connectivity index (χ1n) is 5.45. The molecule has 1 atom stereocenters. The van der Waals surface area contributed by atoms with E-state index in [4.69, 9.17) is 10.2 Å². The van der Waals surface area contributed by atoms with E-state index in [2.05, 4.69) is 10.6 Å². The van der Waals surface area contributed by atoms with Crippen molar-refractivity contribution < 1.29 is 19.8 Å². The number of carbonyl (C=O) groups excluding carboxylic acids is 2. The number of amides is 2. The van der Waals surface area contributed by atoms with E-state index in [1.165, 1.54) is 18.3 Å². The van der Waals surface area contributed by atoms with Crippen molar-refractivity contribution in [2.24, 2.45) is 0 Å². The van der Waals surface area contributed by atoms with E-state index in [0.717, 1.165) is 0 Å². The maximum Gasteiger partial charge on any atom is 0.261 e. The van der Waals surface area contributed by atoms with Gasteiger partial charge >= 0.3 is 0 Å². The minimum absolute atomic E-state index is 0.322. The summed E-state index contributed by atoms with van der Waals surface area (Å²) in [6.07, 6.45) is 0. The van der Waals surface area contributed by atoms with Gasteiger partial charge in [0.05, 0.1) is 24.1 Å². The zero-order valence-corrected chi connectivity index (χ0v) is 10.7. The lowest BCUT2D eigenvalue weighted by atomic mass is 10.2. The van der Waals surface area contributed by atoms with E-state index >= 15 is 0 Å². The molecule has 0 aromatic carbocycles. The Morgan fingerprint density at radius 2 is 2.00 bits per heavy atom. The maximum atomic E-state index is 11.7. The fourth-order valence-electron chi connectivity index (χ4n) is 1.22. The fraction of sp³-hybridized carbons (Fsp3) is 0.455. The molecule has 0 bridgehead atoms. The molecule has 0 radical (unpaired) electrons. The van der Waals surface area contributed by atoms with E-state index in [0.29, 0.717) is 4.88 Å². The van der Waals surface area contributed by atoms with Crippen LogP contribution in [0.2, 0.25) is 0 Å². The van der Waals surface area contributed by atoms with Crippen molar-refractivity contribution in [1.82, 2.24) is 10.6 Å². The Kier molecular flexibility index (Phi) is 5.76. The van der Waals surface area contributed by atoms with E-state index < -0.39 is 18.0 Å². The molecule has 100 valence electrons. The van der Waals surface area contributed by atoms with Crippen molar-refractivity contribution >= 4 is 23.2 Å². The number of thiophene rings is 1. The highest BCUT2D eigenvalue weighted by Gasteiger charge is 2.19. The Morgan fingerprint density at radius 3 is 2.50 bits per heavy atom. The van der Waals surface area contributed by atoms with Crippen LogP contribution in [0.1, 0.15) is 16.6 Å². The second-order valence-corrected chi connectivity index (χ2v) is 4.69. The lowest BCUT2D eigenvalue weighted by Crippen LogP contribution is -2.50. The quantitative estimate of drug-likeness (QED) is 0.552. The molecule has 0 spiro atoms. The highest BCUT2D eigenvalue weighted by Crippen LogP contribution is 2.08. The van der Waals surface area contributed by atoms with Gasteiger partial charge in [0.2, 0.25) is 5.91 Å². The summed E-state index contributed by atoms with van der Waals surface area (Å²) >= 11 is 1.28. The molecule has 18 heavy (non-hydrogen) atoms. The van der Waals surface area contributed by atoms with Crippen LogP contribution in [-0.4, -0.2) is 47.3 Å². The van der Waals surface area contributed by atoms with Gasteiger partial charge in [0.1, 0.15) is 6.04 Å². The van der Waals surface area contributed by atoms with Gasteiger partial charge in [-0.25, -0.2) is 0 Å². The minimum atomic E-state index is -0.736. The number of carbonyl (C=O) groups is 2. The van der Waals surface area contributed by atoms with Crippen LogP contribution in [0.25, 0.3) is 0 Å². The third kappa shape index (κ3) is 4.10. The Hall–Kier alpha value is -1.44. The van der Waals surface area contributed by atoms with E-state index in [1.807, 2.05) is 0 Å². The number of hydrogen-bond acceptors (Lipinski definition) is 5. The van der Waals surface area contributed by atoms with Crippen molar-refractivity contribution in [2.75, 3.05) is 13.2 Å². The zero-order valence-electron chi connectivity index (χ0n) is 9.92. The predicted molar refractivity (Wildman–Crippen MR) is 67.3 cm³/mol. The Labute approximate surface area is 109 Å². The monoisotopic (exact) mass is 272 g/mol. The van der Waals surface area contributed by atoms with Gasteiger partial charge < -0.3 is 20.8 Å². The van der Waals surface area contributed by atoms with Crippen molar-refractivity contribution in [3.05, 3.63) is 22.4 Å². The number of aliphatic hydroxyl groups excluding tert-OH is 2. The van der Waals surface area contributed by atoms with Crippen LogP contribution in [0.4, 0.5) is 0 Å². The first kappa shape index (κ1) is 14.6. The average Bonchev–Trinajstić information content (AvgIpc) is 2.89. The number of nitrogens with one attached hydrogen (secondary N) is 2. The molecule has 0 fully saturated rings. The van der Waals surface area contributed by atoms with Gasteiger partial charge in [-0.05, 0) is 18.4 Å². The lowest BCUT2D eigenvalue weighted by Gasteiger charge is -2.18. The van der Waals surface area contributed by atoms with Gasteiger partial charge in [0.25, 0.3) is 5.91 Å². The lowest BCUT2D eigenvalue weighted by molar-refractivity contribution is -0.123. The molecule has 4 N–H and O–H groups in total. The Balaban J connectivity index is 2.47. The summed E-state index contributed by atoms with van der Waals surface area (Å²) in [5.74, 6) is -0.773. The summed E-state index contributed by atoms with van der Waals surface area (Å²) < 4.78 is 0. The van der Waals surface area contributed by atoms with E-state index in [9.17, 15) is 9.59 Å². The molecule has 0 aliphatic heterocycles. The summed E-state index contributed by atoms with van der Waals surface area (Å²) in [7, 11) is 0. The molecule has 1 rings (SSSR count). The first-order chi connectivity index (χ1) is 8.58. The second-order valence-electron chi connectivity index (χ2n) is 3.74. The van der Waals surface area contributed by atoms with Gasteiger partial charge in [-0.3, -0.25) is 9.59 Å². The van der Waals surface area contributed by atoms with E-state index in [-0.39, 0.29) is 19.1 Å². The normalized spacial score (nSPS) is 12.2. The van der Waals surface area contributed by atoms with Crippen LogP contribution in [0.5, 0.6) is 0 Å². The smallest absolute Gasteiger partial charge is 0.261 e. The summed E-state index contributed by atoms with van der Waals surface area (Å²) in [5.41, 5.74) is 0. The third-order valence-corrected chi connectivity index (χ3v) is 3.14. The third-order valence-electron chi connectivity index (χ3n) is 2.27. The van der Waals surface area contributed by atoms with Crippen LogP contribution in [0.15, 0.2) is 17.5 Å². The van der Waals surface area contributed by atoms with Crippen molar-refractivity contribution in [2.45, 2.75) is 19.0 Å².